The average molecular weight is 399 g/mol. The zero-order chi connectivity index (χ0) is 21.3. The first-order valence-electron chi connectivity index (χ1n) is 9.92. The zero-order valence-corrected chi connectivity index (χ0v) is 17.3. The minimum absolute atomic E-state index is 0.117. The molecule has 4 amide bonds. The summed E-state index contributed by atoms with van der Waals surface area (Å²) in [5, 5.41) is 17.0. The highest BCUT2D eigenvalue weighted by atomic mass is 16.4. The number of carbonyl (C=O) groups is 4. The molecule has 1 rings (SSSR count). The van der Waals surface area contributed by atoms with Crippen molar-refractivity contribution in [3.8, 4) is 0 Å². The summed E-state index contributed by atoms with van der Waals surface area (Å²) in [4.78, 5) is 49.4. The Labute approximate surface area is 166 Å². The molecule has 0 aromatic carbocycles. The highest BCUT2D eigenvalue weighted by molar-refractivity contribution is 5.88. The van der Waals surface area contributed by atoms with Crippen LogP contribution in [-0.2, 0) is 14.4 Å². The van der Waals surface area contributed by atoms with Gasteiger partial charge < -0.3 is 26.0 Å². The van der Waals surface area contributed by atoms with Crippen molar-refractivity contribution >= 4 is 23.8 Å². The van der Waals surface area contributed by atoms with Gasteiger partial charge in [0.1, 0.15) is 6.04 Å². The molecular formula is C19H34N4O5. The van der Waals surface area contributed by atoms with Crippen LogP contribution in [-0.4, -0.2) is 66.0 Å². The number of amides is 4. The fourth-order valence-electron chi connectivity index (χ4n) is 3.03. The lowest BCUT2D eigenvalue weighted by Gasteiger charge is -2.32. The maximum absolute atomic E-state index is 12.4. The number of urea groups is 1. The molecule has 9 heteroatoms. The van der Waals surface area contributed by atoms with Crippen molar-refractivity contribution in [1.29, 1.82) is 0 Å². The predicted octanol–water partition coefficient (Wildman–Crippen LogP) is 0.796. The first-order chi connectivity index (χ1) is 13.1. The molecule has 28 heavy (non-hydrogen) atoms. The molecule has 2 atom stereocenters. The smallest absolute Gasteiger partial charge is 0.326 e. The van der Waals surface area contributed by atoms with Gasteiger partial charge in [-0.25, -0.2) is 9.59 Å². The van der Waals surface area contributed by atoms with Crippen LogP contribution in [0.2, 0.25) is 0 Å². The van der Waals surface area contributed by atoms with Crippen LogP contribution in [0.5, 0.6) is 0 Å². The Kier molecular flexibility index (Phi) is 9.75. The molecule has 0 radical (unpaired) electrons. The maximum atomic E-state index is 12.4. The summed E-state index contributed by atoms with van der Waals surface area (Å²) in [5.41, 5.74) is 0. The Balaban J connectivity index is 2.46. The van der Waals surface area contributed by atoms with Crippen LogP contribution in [0, 0.1) is 17.8 Å². The van der Waals surface area contributed by atoms with E-state index in [1.54, 1.807) is 4.90 Å². The van der Waals surface area contributed by atoms with Gasteiger partial charge in [0.15, 0.2) is 0 Å². The Bertz CT molecular complexity index is 565. The molecule has 1 unspecified atom stereocenters. The monoisotopic (exact) mass is 398 g/mol. The minimum Gasteiger partial charge on any atom is -0.480 e. The molecule has 0 aromatic heterocycles. The van der Waals surface area contributed by atoms with E-state index in [0.29, 0.717) is 38.4 Å². The van der Waals surface area contributed by atoms with Crippen LogP contribution in [0.3, 0.4) is 0 Å². The number of carbonyl (C=O) groups excluding carboxylic acids is 3. The summed E-state index contributed by atoms with van der Waals surface area (Å²) in [7, 11) is 0. The number of carboxylic acids is 1. The summed E-state index contributed by atoms with van der Waals surface area (Å²) in [5.74, 6) is -1.85. The second kappa shape index (κ2) is 11.5. The number of nitrogens with zero attached hydrogens (tertiary/aromatic N) is 1. The van der Waals surface area contributed by atoms with Gasteiger partial charge in [-0.1, -0.05) is 27.7 Å². The van der Waals surface area contributed by atoms with E-state index >= 15 is 0 Å². The molecule has 4 N–H and O–H groups in total. The summed E-state index contributed by atoms with van der Waals surface area (Å²) >= 11 is 0. The minimum atomic E-state index is -1.09. The highest BCUT2D eigenvalue weighted by Gasteiger charge is 2.29. The summed E-state index contributed by atoms with van der Waals surface area (Å²) in [6.45, 7) is 8.96. The van der Waals surface area contributed by atoms with E-state index in [1.165, 1.54) is 0 Å². The lowest BCUT2D eigenvalue weighted by molar-refractivity contribution is -0.142. The second-order valence-electron chi connectivity index (χ2n) is 8.17. The van der Waals surface area contributed by atoms with Crippen LogP contribution in [0.25, 0.3) is 0 Å². The van der Waals surface area contributed by atoms with Gasteiger partial charge in [0.25, 0.3) is 0 Å². The number of piperidine rings is 1. The number of hydrogen-bond acceptors (Lipinski definition) is 4. The van der Waals surface area contributed by atoms with Crippen molar-refractivity contribution in [1.82, 2.24) is 20.9 Å². The lowest BCUT2D eigenvalue weighted by atomic mass is 9.97. The Morgan fingerprint density at radius 2 is 1.75 bits per heavy atom. The summed E-state index contributed by atoms with van der Waals surface area (Å²) in [6.07, 6.45) is 1.68. The predicted molar refractivity (Wildman–Crippen MR) is 105 cm³/mol. The van der Waals surface area contributed by atoms with E-state index < -0.39 is 17.9 Å². The van der Waals surface area contributed by atoms with Crippen molar-refractivity contribution in [3.05, 3.63) is 0 Å². The molecule has 1 saturated heterocycles. The van der Waals surface area contributed by atoms with Crippen LogP contribution in [0.4, 0.5) is 4.79 Å². The van der Waals surface area contributed by atoms with Crippen LogP contribution < -0.4 is 16.0 Å². The highest BCUT2D eigenvalue weighted by Crippen LogP contribution is 2.16. The van der Waals surface area contributed by atoms with Gasteiger partial charge in [-0.3, -0.25) is 9.59 Å². The maximum Gasteiger partial charge on any atom is 0.326 e. The number of rotatable bonds is 9. The summed E-state index contributed by atoms with van der Waals surface area (Å²) in [6, 6.07) is -1.15. The van der Waals surface area contributed by atoms with Gasteiger partial charge >= 0.3 is 12.0 Å². The van der Waals surface area contributed by atoms with Crippen molar-refractivity contribution in [3.63, 3.8) is 0 Å². The molecule has 0 bridgehead atoms. The van der Waals surface area contributed by atoms with Crippen molar-refractivity contribution in [2.75, 3.05) is 26.2 Å². The third-order valence-electron chi connectivity index (χ3n) is 4.50. The molecule has 0 saturated carbocycles. The van der Waals surface area contributed by atoms with E-state index in [9.17, 15) is 19.2 Å². The molecule has 1 aliphatic rings. The van der Waals surface area contributed by atoms with Crippen LogP contribution >= 0.6 is 0 Å². The Morgan fingerprint density at radius 1 is 1.07 bits per heavy atom. The number of hydrogen-bond donors (Lipinski definition) is 4. The van der Waals surface area contributed by atoms with Gasteiger partial charge in [0.05, 0.1) is 12.5 Å². The first-order valence-corrected chi connectivity index (χ1v) is 9.92. The number of carboxylic acid groups (broad SMARTS) is 1. The zero-order valence-electron chi connectivity index (χ0n) is 17.3. The quantitative estimate of drug-likeness (QED) is 0.457. The van der Waals surface area contributed by atoms with Gasteiger partial charge in [-0.05, 0) is 31.1 Å². The molecule has 1 heterocycles. The van der Waals surface area contributed by atoms with Gasteiger partial charge in [-0.15, -0.1) is 0 Å². The van der Waals surface area contributed by atoms with Gasteiger partial charge in [0, 0.05) is 19.6 Å². The van der Waals surface area contributed by atoms with E-state index in [2.05, 4.69) is 16.0 Å². The van der Waals surface area contributed by atoms with Crippen molar-refractivity contribution in [2.45, 2.75) is 53.0 Å². The van der Waals surface area contributed by atoms with Crippen molar-refractivity contribution < 1.29 is 24.3 Å². The Morgan fingerprint density at radius 3 is 2.32 bits per heavy atom. The largest absolute Gasteiger partial charge is 0.480 e. The normalized spacial score (nSPS) is 17.9. The molecule has 9 nitrogen and oxygen atoms in total. The molecule has 0 aromatic rings. The topological polar surface area (TPSA) is 128 Å². The average Bonchev–Trinajstić information content (AvgIpc) is 2.63. The molecule has 0 spiro atoms. The van der Waals surface area contributed by atoms with E-state index in [0.717, 1.165) is 6.42 Å². The first kappa shape index (κ1) is 23.7. The third-order valence-corrected chi connectivity index (χ3v) is 4.50. The van der Waals surface area contributed by atoms with Crippen molar-refractivity contribution in [2.24, 2.45) is 17.8 Å². The standard InChI is InChI=1S/C19H34N4O5/c1-12(2)8-15(18(26)27)22-16(24)10-20-17(25)14-6-5-7-23(11-14)19(28)21-9-13(3)4/h12-15H,5-11H2,1-4H3,(H,20,25)(H,21,28)(H,22,24)(H,26,27)/t14?,15-/m0/s1. The fourth-order valence-corrected chi connectivity index (χ4v) is 3.03. The Hall–Kier alpha value is -2.32. The number of likely N-dealkylation sites (tertiary alicyclic amines) is 1. The number of nitrogens with one attached hydrogen (secondary N) is 3. The lowest BCUT2D eigenvalue weighted by Crippen LogP contribution is -2.51. The van der Waals surface area contributed by atoms with Gasteiger partial charge in [-0.2, -0.15) is 0 Å². The van der Waals surface area contributed by atoms with E-state index in [1.807, 2.05) is 27.7 Å². The number of aliphatic carboxylic acids is 1. The third kappa shape index (κ3) is 8.58. The van der Waals surface area contributed by atoms with E-state index in [4.69, 9.17) is 5.11 Å². The SMILES string of the molecule is CC(C)CNC(=O)N1CCCC(C(=O)NCC(=O)N[C@@H](CC(C)C)C(=O)O)C1. The van der Waals surface area contributed by atoms with E-state index in [-0.39, 0.29) is 30.3 Å². The molecule has 1 fully saturated rings. The molecule has 160 valence electrons. The van der Waals surface area contributed by atoms with Gasteiger partial charge in [0.2, 0.25) is 11.8 Å². The van der Waals surface area contributed by atoms with Crippen LogP contribution in [0.15, 0.2) is 0 Å². The molecular weight excluding hydrogens is 364 g/mol. The fraction of sp³-hybridized carbons (Fsp3) is 0.789. The molecule has 0 aliphatic carbocycles. The summed E-state index contributed by atoms with van der Waals surface area (Å²) < 4.78 is 0. The van der Waals surface area contributed by atoms with Crippen LogP contribution in [0.1, 0.15) is 47.0 Å². The molecule has 1 aliphatic heterocycles. The second-order valence-corrected chi connectivity index (χ2v) is 8.17.